The molecular formula is C15H23NO3. The van der Waals surface area contributed by atoms with Crippen molar-refractivity contribution < 1.29 is 14.7 Å². The van der Waals surface area contributed by atoms with Gasteiger partial charge in [-0.1, -0.05) is 37.5 Å². The van der Waals surface area contributed by atoms with Crippen molar-refractivity contribution >= 4 is 11.9 Å². The van der Waals surface area contributed by atoms with Gasteiger partial charge in [0.25, 0.3) is 0 Å². The van der Waals surface area contributed by atoms with Gasteiger partial charge in [-0.2, -0.15) is 0 Å². The molecule has 0 spiro atoms. The van der Waals surface area contributed by atoms with Crippen molar-refractivity contribution in [1.29, 1.82) is 0 Å². The Balaban J connectivity index is 2.53. The molecule has 19 heavy (non-hydrogen) atoms. The number of amides is 1. The van der Waals surface area contributed by atoms with Gasteiger partial charge in [0.1, 0.15) is 0 Å². The van der Waals surface area contributed by atoms with E-state index in [1.807, 2.05) is 13.0 Å². The van der Waals surface area contributed by atoms with Gasteiger partial charge in [-0.15, -0.1) is 0 Å². The van der Waals surface area contributed by atoms with E-state index >= 15 is 0 Å². The first-order valence-electron chi connectivity index (χ1n) is 6.87. The van der Waals surface area contributed by atoms with Crippen LogP contribution >= 0.6 is 0 Å². The van der Waals surface area contributed by atoms with Crippen LogP contribution in [0.25, 0.3) is 0 Å². The highest BCUT2D eigenvalue weighted by Gasteiger charge is 2.34. The molecule has 1 fully saturated rings. The molecule has 0 aromatic rings. The van der Waals surface area contributed by atoms with Crippen LogP contribution in [-0.2, 0) is 9.59 Å². The molecule has 0 aromatic carbocycles. The van der Waals surface area contributed by atoms with Crippen molar-refractivity contribution in [1.82, 2.24) is 5.32 Å². The minimum Gasteiger partial charge on any atom is -0.481 e. The fourth-order valence-electron chi connectivity index (χ4n) is 2.63. The molecule has 0 saturated heterocycles. The normalized spacial score (nSPS) is 18.8. The van der Waals surface area contributed by atoms with Crippen LogP contribution in [0.3, 0.4) is 0 Å². The Hall–Kier alpha value is -1.58. The lowest BCUT2D eigenvalue weighted by molar-refractivity contribution is -0.140. The number of hydrogen-bond acceptors (Lipinski definition) is 2. The fourth-order valence-corrected chi connectivity index (χ4v) is 2.63. The van der Waals surface area contributed by atoms with Crippen LogP contribution in [0.4, 0.5) is 0 Å². The summed E-state index contributed by atoms with van der Waals surface area (Å²) in [6.07, 6.45) is 12.0. The third kappa shape index (κ3) is 5.73. The molecule has 0 heterocycles. The number of carbonyl (C=O) groups is 2. The van der Waals surface area contributed by atoms with Gasteiger partial charge in [0, 0.05) is 12.6 Å². The summed E-state index contributed by atoms with van der Waals surface area (Å²) in [5.41, 5.74) is -0.256. The van der Waals surface area contributed by atoms with E-state index in [4.69, 9.17) is 5.11 Å². The SMILES string of the molecule is CC=CC=CC(=O)NCC1(CC(=O)O)CCCCC1. The van der Waals surface area contributed by atoms with Gasteiger partial charge >= 0.3 is 5.97 Å². The minimum atomic E-state index is -0.777. The number of hydrogen-bond donors (Lipinski definition) is 2. The summed E-state index contributed by atoms with van der Waals surface area (Å²) in [7, 11) is 0. The van der Waals surface area contributed by atoms with Gasteiger partial charge in [-0.3, -0.25) is 9.59 Å². The Kier molecular flexibility index (Phi) is 6.33. The van der Waals surface area contributed by atoms with Gasteiger partial charge in [0.15, 0.2) is 0 Å². The topological polar surface area (TPSA) is 66.4 Å². The first kappa shape index (κ1) is 15.5. The standard InChI is InChI=1S/C15H23NO3/c1-2-3-5-8-13(17)16-12-15(11-14(18)19)9-6-4-7-10-15/h2-3,5,8H,4,6-7,9-12H2,1H3,(H,16,17)(H,18,19). The molecule has 4 heteroatoms. The Morgan fingerprint density at radius 3 is 2.47 bits per heavy atom. The summed E-state index contributed by atoms with van der Waals surface area (Å²) in [6.45, 7) is 2.34. The molecule has 0 atom stereocenters. The fraction of sp³-hybridized carbons (Fsp3) is 0.600. The molecule has 1 saturated carbocycles. The predicted molar refractivity (Wildman–Crippen MR) is 74.7 cm³/mol. The lowest BCUT2D eigenvalue weighted by Crippen LogP contribution is -2.39. The first-order chi connectivity index (χ1) is 9.08. The second kappa shape index (κ2) is 7.77. The van der Waals surface area contributed by atoms with Crippen molar-refractivity contribution in [3.05, 3.63) is 24.3 Å². The van der Waals surface area contributed by atoms with Gasteiger partial charge in [-0.25, -0.2) is 0 Å². The Morgan fingerprint density at radius 1 is 1.21 bits per heavy atom. The van der Waals surface area contributed by atoms with Gasteiger partial charge in [-0.05, 0) is 25.2 Å². The number of carboxylic acid groups (broad SMARTS) is 1. The summed E-state index contributed by atoms with van der Waals surface area (Å²) >= 11 is 0. The predicted octanol–water partition coefficient (Wildman–Crippen LogP) is 2.66. The highest BCUT2D eigenvalue weighted by Crippen LogP contribution is 2.38. The molecule has 1 amide bonds. The van der Waals surface area contributed by atoms with E-state index in [-0.39, 0.29) is 17.7 Å². The molecule has 4 nitrogen and oxygen atoms in total. The second-order valence-electron chi connectivity index (χ2n) is 5.23. The van der Waals surface area contributed by atoms with Crippen molar-refractivity contribution in [2.75, 3.05) is 6.54 Å². The summed E-state index contributed by atoms with van der Waals surface area (Å²) < 4.78 is 0. The number of carboxylic acids is 1. The number of aliphatic carboxylic acids is 1. The first-order valence-corrected chi connectivity index (χ1v) is 6.87. The summed E-state index contributed by atoms with van der Waals surface area (Å²) in [6, 6.07) is 0. The van der Waals surface area contributed by atoms with E-state index in [1.54, 1.807) is 12.2 Å². The van der Waals surface area contributed by atoms with E-state index < -0.39 is 5.97 Å². The van der Waals surface area contributed by atoms with E-state index in [1.165, 1.54) is 6.08 Å². The Morgan fingerprint density at radius 2 is 1.89 bits per heavy atom. The van der Waals surface area contributed by atoms with Gasteiger partial charge in [0.2, 0.25) is 5.91 Å². The molecule has 0 unspecified atom stereocenters. The van der Waals surface area contributed by atoms with Gasteiger partial charge in [0.05, 0.1) is 6.42 Å². The highest BCUT2D eigenvalue weighted by molar-refractivity contribution is 5.87. The highest BCUT2D eigenvalue weighted by atomic mass is 16.4. The smallest absolute Gasteiger partial charge is 0.303 e. The monoisotopic (exact) mass is 265 g/mol. The van der Waals surface area contributed by atoms with E-state index in [2.05, 4.69) is 5.32 Å². The molecule has 0 bridgehead atoms. The van der Waals surface area contributed by atoms with Crippen LogP contribution in [0.2, 0.25) is 0 Å². The molecule has 0 radical (unpaired) electrons. The number of rotatable bonds is 6. The average Bonchev–Trinajstić information content (AvgIpc) is 2.37. The zero-order valence-corrected chi connectivity index (χ0v) is 11.5. The van der Waals surface area contributed by atoms with Crippen LogP contribution in [0, 0.1) is 5.41 Å². The van der Waals surface area contributed by atoms with Crippen molar-refractivity contribution in [3.8, 4) is 0 Å². The number of allylic oxidation sites excluding steroid dienone is 3. The second-order valence-corrected chi connectivity index (χ2v) is 5.23. The number of nitrogens with one attached hydrogen (secondary N) is 1. The van der Waals surface area contributed by atoms with Crippen LogP contribution in [-0.4, -0.2) is 23.5 Å². The maximum absolute atomic E-state index is 11.6. The molecular weight excluding hydrogens is 242 g/mol. The van der Waals surface area contributed by atoms with Crippen LogP contribution < -0.4 is 5.32 Å². The average molecular weight is 265 g/mol. The molecule has 0 aliphatic heterocycles. The Labute approximate surface area is 114 Å². The lowest BCUT2D eigenvalue weighted by atomic mass is 9.71. The largest absolute Gasteiger partial charge is 0.481 e. The summed E-state index contributed by atoms with van der Waals surface area (Å²) in [4.78, 5) is 22.6. The molecule has 1 aliphatic carbocycles. The van der Waals surface area contributed by atoms with Crippen molar-refractivity contribution in [3.63, 3.8) is 0 Å². The molecule has 106 valence electrons. The quantitative estimate of drug-likeness (QED) is 0.573. The molecule has 0 aromatic heterocycles. The zero-order chi connectivity index (χ0) is 14.1. The summed E-state index contributed by atoms with van der Waals surface area (Å²) in [5.74, 6) is -0.936. The summed E-state index contributed by atoms with van der Waals surface area (Å²) in [5, 5.41) is 11.9. The van der Waals surface area contributed by atoms with Crippen LogP contribution in [0.5, 0.6) is 0 Å². The lowest BCUT2D eigenvalue weighted by Gasteiger charge is -2.36. The van der Waals surface area contributed by atoms with Crippen LogP contribution in [0.1, 0.15) is 45.4 Å². The minimum absolute atomic E-state index is 0.145. The molecule has 1 aliphatic rings. The number of carbonyl (C=O) groups excluding carboxylic acids is 1. The third-order valence-electron chi connectivity index (χ3n) is 3.63. The van der Waals surface area contributed by atoms with E-state index in [9.17, 15) is 9.59 Å². The van der Waals surface area contributed by atoms with E-state index in [0.717, 1.165) is 32.1 Å². The zero-order valence-electron chi connectivity index (χ0n) is 11.5. The van der Waals surface area contributed by atoms with Gasteiger partial charge < -0.3 is 10.4 Å². The molecule has 2 N–H and O–H groups in total. The van der Waals surface area contributed by atoms with Crippen molar-refractivity contribution in [2.45, 2.75) is 45.4 Å². The maximum atomic E-state index is 11.6. The Bertz CT molecular complexity index is 366. The van der Waals surface area contributed by atoms with Crippen molar-refractivity contribution in [2.24, 2.45) is 5.41 Å². The third-order valence-corrected chi connectivity index (χ3v) is 3.63. The van der Waals surface area contributed by atoms with Crippen LogP contribution in [0.15, 0.2) is 24.3 Å². The van der Waals surface area contributed by atoms with E-state index in [0.29, 0.717) is 6.54 Å². The maximum Gasteiger partial charge on any atom is 0.303 e. The molecule has 1 rings (SSSR count).